The maximum absolute atomic E-state index is 13.1. The fraction of sp³-hybridized carbons (Fsp3) is 0.217. The molecule has 0 unspecified atom stereocenters. The second-order valence-electron chi connectivity index (χ2n) is 6.39. The number of methoxy groups -OCH3 is 1. The van der Waals surface area contributed by atoms with Gasteiger partial charge in [0.2, 0.25) is 0 Å². The molecule has 0 spiro atoms. The fourth-order valence-electron chi connectivity index (χ4n) is 2.95. The Bertz CT molecular complexity index is 928. The molecular weight excluding hydrogens is 468 g/mol. The van der Waals surface area contributed by atoms with Crippen molar-refractivity contribution in [2.45, 2.75) is 26.5 Å². The molecule has 0 aliphatic heterocycles. The molecule has 0 amide bonds. The Morgan fingerprint density at radius 1 is 1.00 bits per heavy atom. The summed E-state index contributed by atoms with van der Waals surface area (Å²) >= 11 is 2.26. The standard InChI is InChI=1S/C23H23FINO2/c1-3-18-6-4-5-7-21(18)26-14-17-12-20(25)23(22(13-17)27-2)28-15-16-8-10-19(24)11-9-16/h4-13,26H,3,14-15H2,1-2H3. The normalized spacial score (nSPS) is 10.6. The van der Waals surface area contributed by atoms with Gasteiger partial charge in [-0.25, -0.2) is 4.39 Å². The molecular formula is C23H23FINO2. The lowest BCUT2D eigenvalue weighted by molar-refractivity contribution is 0.282. The third kappa shape index (κ3) is 5.16. The van der Waals surface area contributed by atoms with Crippen molar-refractivity contribution < 1.29 is 13.9 Å². The summed E-state index contributed by atoms with van der Waals surface area (Å²) in [4.78, 5) is 0. The Morgan fingerprint density at radius 3 is 2.46 bits per heavy atom. The average molecular weight is 491 g/mol. The summed E-state index contributed by atoms with van der Waals surface area (Å²) in [5, 5.41) is 3.51. The largest absolute Gasteiger partial charge is 0.493 e. The minimum absolute atomic E-state index is 0.252. The van der Waals surface area contributed by atoms with E-state index >= 15 is 0 Å². The molecule has 0 bridgehead atoms. The van der Waals surface area contributed by atoms with Crippen molar-refractivity contribution in [3.05, 3.63) is 86.7 Å². The molecule has 0 heterocycles. The van der Waals surface area contributed by atoms with Crippen LogP contribution < -0.4 is 14.8 Å². The number of benzene rings is 3. The SMILES string of the molecule is CCc1ccccc1NCc1cc(I)c(OCc2ccc(F)cc2)c(OC)c1. The van der Waals surface area contributed by atoms with Crippen molar-refractivity contribution >= 4 is 28.3 Å². The summed E-state index contributed by atoms with van der Waals surface area (Å²) in [5.74, 6) is 1.14. The predicted molar refractivity (Wildman–Crippen MR) is 120 cm³/mol. The molecule has 3 rings (SSSR count). The zero-order valence-electron chi connectivity index (χ0n) is 16.0. The minimum Gasteiger partial charge on any atom is -0.493 e. The number of hydrogen-bond acceptors (Lipinski definition) is 3. The lowest BCUT2D eigenvalue weighted by Crippen LogP contribution is -2.05. The van der Waals surface area contributed by atoms with Crippen LogP contribution in [0, 0.1) is 9.39 Å². The predicted octanol–water partition coefficient (Wildman–Crippen LogP) is 6.19. The molecule has 0 saturated heterocycles. The molecule has 0 aliphatic carbocycles. The summed E-state index contributed by atoms with van der Waals surface area (Å²) in [6, 6.07) is 18.7. The van der Waals surface area contributed by atoms with Gasteiger partial charge in [0, 0.05) is 12.2 Å². The number of nitrogens with one attached hydrogen (secondary N) is 1. The van der Waals surface area contributed by atoms with Crippen LogP contribution in [0.1, 0.15) is 23.6 Å². The fourth-order valence-corrected chi connectivity index (χ4v) is 3.77. The van der Waals surface area contributed by atoms with E-state index in [0.29, 0.717) is 24.7 Å². The van der Waals surface area contributed by atoms with Crippen LogP contribution in [-0.2, 0) is 19.6 Å². The van der Waals surface area contributed by atoms with Gasteiger partial charge in [-0.2, -0.15) is 0 Å². The summed E-state index contributed by atoms with van der Waals surface area (Å²) in [5.41, 5.74) is 4.46. The molecule has 3 aromatic carbocycles. The van der Waals surface area contributed by atoms with Gasteiger partial charge in [0.15, 0.2) is 11.5 Å². The van der Waals surface area contributed by atoms with E-state index in [2.05, 4.69) is 59.1 Å². The zero-order valence-corrected chi connectivity index (χ0v) is 18.1. The van der Waals surface area contributed by atoms with Crippen LogP contribution in [0.5, 0.6) is 11.5 Å². The molecule has 28 heavy (non-hydrogen) atoms. The second-order valence-corrected chi connectivity index (χ2v) is 7.55. The highest BCUT2D eigenvalue weighted by Gasteiger charge is 2.12. The molecule has 3 nitrogen and oxygen atoms in total. The van der Waals surface area contributed by atoms with E-state index in [-0.39, 0.29) is 5.82 Å². The molecule has 5 heteroatoms. The summed E-state index contributed by atoms with van der Waals surface area (Å²) < 4.78 is 25.5. The zero-order chi connectivity index (χ0) is 19.9. The monoisotopic (exact) mass is 491 g/mol. The van der Waals surface area contributed by atoms with Crippen LogP contribution in [-0.4, -0.2) is 7.11 Å². The molecule has 0 radical (unpaired) electrons. The third-order valence-corrected chi connectivity index (χ3v) is 5.27. The molecule has 3 aromatic rings. The van der Waals surface area contributed by atoms with Gasteiger partial charge in [-0.3, -0.25) is 0 Å². The van der Waals surface area contributed by atoms with E-state index < -0.39 is 0 Å². The lowest BCUT2D eigenvalue weighted by Gasteiger charge is -2.16. The Balaban J connectivity index is 1.72. The van der Waals surface area contributed by atoms with Crippen LogP contribution in [0.25, 0.3) is 0 Å². The number of halogens is 2. The van der Waals surface area contributed by atoms with Crippen molar-refractivity contribution in [3.8, 4) is 11.5 Å². The quantitative estimate of drug-likeness (QED) is 0.381. The molecule has 146 valence electrons. The van der Waals surface area contributed by atoms with E-state index in [1.165, 1.54) is 17.7 Å². The number of para-hydroxylation sites is 1. The highest BCUT2D eigenvalue weighted by molar-refractivity contribution is 14.1. The van der Waals surface area contributed by atoms with Crippen LogP contribution in [0.15, 0.2) is 60.7 Å². The van der Waals surface area contributed by atoms with Gasteiger partial charge in [-0.15, -0.1) is 0 Å². The van der Waals surface area contributed by atoms with Crippen molar-refractivity contribution in [1.29, 1.82) is 0 Å². The van der Waals surface area contributed by atoms with Gasteiger partial charge in [0.25, 0.3) is 0 Å². The van der Waals surface area contributed by atoms with Crippen molar-refractivity contribution in [3.63, 3.8) is 0 Å². The van der Waals surface area contributed by atoms with Crippen molar-refractivity contribution in [2.75, 3.05) is 12.4 Å². The van der Waals surface area contributed by atoms with E-state index in [1.54, 1.807) is 19.2 Å². The first-order valence-corrected chi connectivity index (χ1v) is 10.2. The second kappa shape index (κ2) is 9.78. The van der Waals surface area contributed by atoms with Gasteiger partial charge >= 0.3 is 0 Å². The topological polar surface area (TPSA) is 30.5 Å². The van der Waals surface area contributed by atoms with E-state index in [4.69, 9.17) is 9.47 Å². The number of ether oxygens (including phenoxy) is 2. The minimum atomic E-state index is -0.252. The highest BCUT2D eigenvalue weighted by Crippen LogP contribution is 2.35. The molecule has 1 N–H and O–H groups in total. The van der Waals surface area contributed by atoms with Gasteiger partial charge in [0.05, 0.1) is 10.7 Å². The first-order chi connectivity index (χ1) is 13.6. The summed E-state index contributed by atoms with van der Waals surface area (Å²) in [7, 11) is 1.64. The Morgan fingerprint density at radius 2 is 1.75 bits per heavy atom. The Labute approximate surface area is 179 Å². The smallest absolute Gasteiger partial charge is 0.174 e. The van der Waals surface area contributed by atoms with E-state index in [1.807, 2.05) is 12.1 Å². The molecule has 0 fully saturated rings. The molecule has 0 aliphatic rings. The number of rotatable bonds is 8. The highest BCUT2D eigenvalue weighted by atomic mass is 127. The lowest BCUT2D eigenvalue weighted by atomic mass is 10.1. The van der Waals surface area contributed by atoms with Gasteiger partial charge in [-0.1, -0.05) is 37.3 Å². The Kier molecular flexibility index (Phi) is 7.14. The van der Waals surface area contributed by atoms with Gasteiger partial charge < -0.3 is 14.8 Å². The van der Waals surface area contributed by atoms with Crippen LogP contribution in [0.2, 0.25) is 0 Å². The number of aryl methyl sites for hydroxylation is 1. The van der Waals surface area contributed by atoms with Crippen LogP contribution >= 0.6 is 22.6 Å². The van der Waals surface area contributed by atoms with E-state index in [0.717, 1.165) is 26.8 Å². The van der Waals surface area contributed by atoms with E-state index in [9.17, 15) is 4.39 Å². The number of hydrogen-bond donors (Lipinski definition) is 1. The van der Waals surface area contributed by atoms with Gasteiger partial charge in [0.1, 0.15) is 12.4 Å². The van der Waals surface area contributed by atoms with Crippen LogP contribution in [0.3, 0.4) is 0 Å². The molecule has 0 aromatic heterocycles. The maximum atomic E-state index is 13.1. The summed E-state index contributed by atoms with van der Waals surface area (Å²) in [6.45, 7) is 3.20. The third-order valence-electron chi connectivity index (χ3n) is 4.47. The first kappa shape index (κ1) is 20.5. The first-order valence-electron chi connectivity index (χ1n) is 9.16. The van der Waals surface area contributed by atoms with Gasteiger partial charge in [-0.05, 0) is 76.0 Å². The summed E-state index contributed by atoms with van der Waals surface area (Å²) in [6.07, 6.45) is 0.986. The van der Waals surface area contributed by atoms with Crippen molar-refractivity contribution in [1.82, 2.24) is 0 Å². The number of anilines is 1. The molecule has 0 saturated carbocycles. The maximum Gasteiger partial charge on any atom is 0.174 e. The molecule has 0 atom stereocenters. The van der Waals surface area contributed by atoms with Crippen molar-refractivity contribution in [2.24, 2.45) is 0 Å². The average Bonchev–Trinajstić information content (AvgIpc) is 2.72. The Hall–Kier alpha value is -2.28. The van der Waals surface area contributed by atoms with Crippen LogP contribution in [0.4, 0.5) is 10.1 Å².